The summed E-state index contributed by atoms with van der Waals surface area (Å²) in [4.78, 5) is 45.1. The Hall–Kier alpha value is -1.33. The molecule has 0 radical (unpaired) electrons. The Balaban J connectivity index is 1.74. The number of hydrogen-bond donors (Lipinski definition) is 6. The smallest absolute Gasteiger partial charge is 0.383 e. The molecular formula is C22H34N5O13P3S2. The molecule has 18 nitrogen and oxygen atoms in total. The number of nitrogens with zero attached hydrogens (tertiary/aromatic N) is 3. The molecule has 0 amide bonds. The summed E-state index contributed by atoms with van der Waals surface area (Å²) in [5, 5.41) is 0.462. The number of phosphoric acid groups is 3. The molecule has 45 heavy (non-hydrogen) atoms. The van der Waals surface area contributed by atoms with Crippen LogP contribution in [0.4, 0.5) is 5.82 Å². The maximum absolute atomic E-state index is 12.3. The van der Waals surface area contributed by atoms with Crippen LogP contribution in [-0.2, 0) is 41.1 Å². The summed E-state index contributed by atoms with van der Waals surface area (Å²) in [6.07, 6.45) is 1.99. The molecule has 8 N–H and O–H groups in total. The van der Waals surface area contributed by atoms with E-state index in [9.17, 15) is 23.5 Å². The first-order valence-corrected chi connectivity index (χ1v) is 19.6. The minimum Gasteiger partial charge on any atom is -0.383 e. The largest absolute Gasteiger partial charge is 0.490 e. The highest BCUT2D eigenvalue weighted by Gasteiger charge is 2.43. The van der Waals surface area contributed by atoms with Gasteiger partial charge in [-0.1, -0.05) is 39.5 Å². The van der Waals surface area contributed by atoms with Crippen LogP contribution < -0.4 is 11.5 Å². The first-order chi connectivity index (χ1) is 21.0. The van der Waals surface area contributed by atoms with Crippen LogP contribution in [-0.4, -0.2) is 83.4 Å². The Bertz CT molecular complexity index is 1550. The molecule has 0 aliphatic carbocycles. The van der Waals surface area contributed by atoms with E-state index in [4.69, 9.17) is 40.0 Å². The highest BCUT2D eigenvalue weighted by atomic mass is 33.1. The zero-order valence-corrected chi connectivity index (χ0v) is 28.3. The summed E-state index contributed by atoms with van der Waals surface area (Å²) in [5.74, 6) is 6.52. The maximum Gasteiger partial charge on any atom is 0.490 e. The second kappa shape index (κ2) is 16.2. The van der Waals surface area contributed by atoms with Gasteiger partial charge in [-0.05, 0) is 13.8 Å². The normalized spacial score (nSPS) is 21.6. The lowest BCUT2D eigenvalue weighted by Gasteiger charge is -2.21. The van der Waals surface area contributed by atoms with Crippen molar-refractivity contribution in [3.63, 3.8) is 0 Å². The van der Waals surface area contributed by atoms with Crippen molar-refractivity contribution in [1.82, 2.24) is 14.5 Å². The fourth-order valence-electron chi connectivity index (χ4n) is 3.76. The van der Waals surface area contributed by atoms with E-state index in [-0.39, 0.29) is 30.2 Å². The number of nitrogen functional groups attached to an aromatic ring is 1. The number of fused-ring (bicyclic) bond motifs is 1. The Morgan fingerprint density at radius 2 is 1.96 bits per heavy atom. The van der Waals surface area contributed by atoms with Crippen LogP contribution in [0, 0.1) is 11.8 Å². The van der Waals surface area contributed by atoms with Gasteiger partial charge in [0.15, 0.2) is 0 Å². The molecule has 0 saturated carbocycles. The quantitative estimate of drug-likeness (QED) is 0.0340. The Kier molecular flexibility index (Phi) is 13.7. The zero-order chi connectivity index (χ0) is 33.5. The molecule has 0 spiro atoms. The molecule has 2 aromatic heterocycles. The third kappa shape index (κ3) is 12.0. The molecular weight excluding hydrogens is 699 g/mol. The van der Waals surface area contributed by atoms with Crippen LogP contribution >= 0.6 is 45.1 Å². The van der Waals surface area contributed by atoms with Crippen LogP contribution in [0.25, 0.3) is 11.0 Å². The van der Waals surface area contributed by atoms with E-state index in [2.05, 4.69) is 37.0 Å². The van der Waals surface area contributed by atoms with Gasteiger partial charge >= 0.3 is 23.5 Å². The number of phosphoric ester groups is 1. The van der Waals surface area contributed by atoms with Crippen molar-refractivity contribution < 1.29 is 60.6 Å². The molecule has 1 aliphatic rings. The van der Waals surface area contributed by atoms with Crippen LogP contribution in [0.2, 0.25) is 0 Å². The molecule has 0 aromatic carbocycles. The third-order valence-corrected chi connectivity index (χ3v) is 12.5. The second-order valence-corrected chi connectivity index (χ2v) is 17.1. The van der Waals surface area contributed by atoms with E-state index in [1.807, 2.05) is 13.8 Å². The van der Waals surface area contributed by atoms with Crippen LogP contribution in [0.3, 0.4) is 0 Å². The summed E-state index contributed by atoms with van der Waals surface area (Å²) in [7, 11) is -13.5. The SMILES string of the molecule is C=CCOC1C[C@H](n2cc(C#CCOCSSC(C)(C)CN)c3c(N)ncnc32)O[C@@H]1COP(=O)(O)OP(=O)(O)OP(=O)(O)O. The van der Waals surface area contributed by atoms with E-state index >= 15 is 0 Å². The Morgan fingerprint density at radius 3 is 2.62 bits per heavy atom. The minimum atomic E-state index is -5.69. The third-order valence-electron chi connectivity index (χ3n) is 5.68. The van der Waals surface area contributed by atoms with Gasteiger partial charge in [-0.2, -0.15) is 8.62 Å². The monoisotopic (exact) mass is 733 g/mol. The predicted molar refractivity (Wildman–Crippen MR) is 166 cm³/mol. The Morgan fingerprint density at radius 1 is 1.22 bits per heavy atom. The number of anilines is 1. The van der Waals surface area contributed by atoms with E-state index in [1.165, 1.54) is 23.2 Å². The van der Waals surface area contributed by atoms with Crippen molar-refractivity contribution in [3.05, 3.63) is 30.7 Å². The summed E-state index contributed by atoms with van der Waals surface area (Å²) in [6.45, 7) is 7.69. The minimum absolute atomic E-state index is 0.0747. The molecule has 3 unspecified atom stereocenters. The number of hydrogen-bond acceptors (Lipinski definition) is 15. The summed E-state index contributed by atoms with van der Waals surface area (Å²) >= 11 is 0. The van der Waals surface area contributed by atoms with Gasteiger partial charge in [0.05, 0.1) is 30.3 Å². The summed E-state index contributed by atoms with van der Waals surface area (Å²) < 4.78 is 66.0. The molecule has 2 aromatic rings. The van der Waals surface area contributed by atoms with Gasteiger partial charge < -0.3 is 49.8 Å². The van der Waals surface area contributed by atoms with Gasteiger partial charge in [-0.25, -0.2) is 23.7 Å². The molecule has 5 atom stereocenters. The van der Waals surface area contributed by atoms with Crippen LogP contribution in [0.1, 0.15) is 32.1 Å². The molecule has 252 valence electrons. The fraction of sp³-hybridized carbons (Fsp3) is 0.545. The van der Waals surface area contributed by atoms with Crippen molar-refractivity contribution in [3.8, 4) is 11.8 Å². The van der Waals surface area contributed by atoms with Crippen LogP contribution in [0.15, 0.2) is 25.2 Å². The standard InChI is InChI=1S/C22H34N5O13P3S2/c1-4-7-36-16-9-18(38-17(16)11-37-42(31,32)40-43(33,34)39-41(28,29)30)27-10-15(19-20(24)25-13-26-21(19)27)6-5-8-35-14-44-45-22(2,3)12-23/h4,10,13,16-18H,1,7-9,11-12,14,23H2,2-3H3,(H,31,32)(H,33,34)(H2,24,25,26)(H2,28,29,30)/t16?,17-,18-/m1/s1. The topological polar surface area (TPSA) is 270 Å². The van der Waals surface area contributed by atoms with Gasteiger partial charge in [-0.15, -0.1) is 6.58 Å². The Labute approximate surface area is 266 Å². The molecule has 23 heteroatoms. The zero-order valence-electron chi connectivity index (χ0n) is 24.0. The maximum atomic E-state index is 12.3. The molecule has 0 bridgehead atoms. The highest BCUT2D eigenvalue weighted by molar-refractivity contribution is 8.77. The predicted octanol–water partition coefficient (Wildman–Crippen LogP) is 2.66. The van der Waals surface area contributed by atoms with Gasteiger partial charge in [0.2, 0.25) is 0 Å². The number of rotatable bonds is 17. The van der Waals surface area contributed by atoms with Crippen molar-refractivity contribution >= 4 is 61.9 Å². The van der Waals surface area contributed by atoms with Gasteiger partial charge in [0.1, 0.15) is 42.7 Å². The second-order valence-electron chi connectivity index (χ2n) is 9.75. The van der Waals surface area contributed by atoms with Crippen molar-refractivity contribution in [2.45, 2.75) is 43.5 Å². The molecule has 3 heterocycles. The lowest BCUT2D eigenvalue weighted by Crippen LogP contribution is -2.29. The van der Waals surface area contributed by atoms with Gasteiger partial charge in [-0.3, -0.25) is 4.52 Å². The van der Waals surface area contributed by atoms with E-state index < -0.39 is 48.5 Å². The van der Waals surface area contributed by atoms with Crippen molar-refractivity contribution in [2.75, 3.05) is 38.0 Å². The van der Waals surface area contributed by atoms with E-state index in [0.717, 1.165) is 0 Å². The number of aromatic nitrogens is 3. The van der Waals surface area contributed by atoms with E-state index in [0.29, 0.717) is 29.1 Å². The van der Waals surface area contributed by atoms with Gasteiger partial charge in [0.25, 0.3) is 0 Å². The molecule has 1 fully saturated rings. The average molecular weight is 734 g/mol. The summed E-state index contributed by atoms with van der Waals surface area (Å²) in [5.41, 5.74) is 12.7. The first-order valence-electron chi connectivity index (χ1n) is 12.8. The van der Waals surface area contributed by atoms with Crippen LogP contribution in [0.5, 0.6) is 0 Å². The fourth-order valence-corrected chi connectivity index (χ4v) is 8.88. The lowest BCUT2D eigenvalue weighted by molar-refractivity contribution is -0.0549. The van der Waals surface area contributed by atoms with Crippen molar-refractivity contribution in [1.29, 1.82) is 0 Å². The average Bonchev–Trinajstić information content (AvgIpc) is 3.50. The highest BCUT2D eigenvalue weighted by Crippen LogP contribution is 2.66. The molecule has 1 saturated heterocycles. The van der Waals surface area contributed by atoms with Gasteiger partial charge in [0, 0.05) is 23.9 Å². The molecule has 1 aliphatic heterocycles. The van der Waals surface area contributed by atoms with Crippen molar-refractivity contribution in [2.24, 2.45) is 5.73 Å². The lowest BCUT2D eigenvalue weighted by atomic mass is 10.2. The van der Waals surface area contributed by atoms with E-state index in [1.54, 1.807) is 21.6 Å². The number of ether oxygens (including phenoxy) is 3. The summed E-state index contributed by atoms with van der Waals surface area (Å²) in [6, 6.07) is 0. The number of nitrogens with two attached hydrogens (primary N) is 2. The molecule has 3 rings (SSSR count). The first kappa shape index (κ1) is 38.1.